The summed E-state index contributed by atoms with van der Waals surface area (Å²) in [5.41, 5.74) is 1.32. The van der Waals surface area contributed by atoms with E-state index >= 15 is 0 Å². The van der Waals surface area contributed by atoms with Gasteiger partial charge < -0.3 is 14.8 Å². The van der Waals surface area contributed by atoms with E-state index in [1.54, 1.807) is 0 Å². The number of likely N-dealkylation sites (tertiary alicyclic amines) is 1. The number of rotatable bonds is 4. The molecule has 1 unspecified atom stereocenters. The quantitative estimate of drug-likeness (QED) is 0.649. The van der Waals surface area contributed by atoms with E-state index < -0.39 is 0 Å². The van der Waals surface area contributed by atoms with E-state index in [1.165, 1.54) is 24.8 Å². The number of fused-ring (bicyclic) bond motifs is 1. The number of aliphatic imine (C=N–C) groups is 1. The lowest BCUT2D eigenvalue weighted by Crippen LogP contribution is -2.41. The molecule has 1 N–H and O–H groups in total. The summed E-state index contributed by atoms with van der Waals surface area (Å²) in [7, 11) is 3.84. The van der Waals surface area contributed by atoms with Crippen LogP contribution in [0.3, 0.4) is 0 Å². The first-order chi connectivity index (χ1) is 13.2. The summed E-state index contributed by atoms with van der Waals surface area (Å²) in [6.45, 7) is 3.91. The highest BCUT2D eigenvalue weighted by Gasteiger charge is 2.27. The molecule has 2 aliphatic rings. The van der Waals surface area contributed by atoms with Crippen molar-refractivity contribution < 1.29 is 0 Å². The molecule has 2 aromatic rings. The molecule has 4 heterocycles. The van der Waals surface area contributed by atoms with Gasteiger partial charge in [0.05, 0.1) is 6.20 Å². The van der Waals surface area contributed by atoms with Gasteiger partial charge in [-0.15, -0.1) is 10.2 Å². The lowest BCUT2D eigenvalue weighted by Gasteiger charge is -2.21. The summed E-state index contributed by atoms with van der Waals surface area (Å²) < 4.78 is 4.21. The molecule has 0 spiro atoms. The van der Waals surface area contributed by atoms with Crippen molar-refractivity contribution in [2.24, 2.45) is 12.0 Å². The summed E-state index contributed by atoms with van der Waals surface area (Å²) in [6.07, 6.45) is 11.0. The number of guanidine groups is 1. The first kappa shape index (κ1) is 18.0. The van der Waals surface area contributed by atoms with Gasteiger partial charge in [0.25, 0.3) is 0 Å². The van der Waals surface area contributed by atoms with E-state index in [2.05, 4.69) is 41.3 Å². The zero-order chi connectivity index (χ0) is 18.6. The molecule has 0 aliphatic carbocycles. The van der Waals surface area contributed by atoms with E-state index in [0.29, 0.717) is 5.92 Å². The van der Waals surface area contributed by atoms with Gasteiger partial charge in [0.15, 0.2) is 5.96 Å². The van der Waals surface area contributed by atoms with Crippen LogP contribution in [0, 0.1) is 0 Å². The molecule has 2 aliphatic heterocycles. The number of nitrogens with one attached hydrogen (secondary N) is 1. The molecular weight excluding hydrogens is 340 g/mol. The van der Waals surface area contributed by atoms with Gasteiger partial charge in [-0.05, 0) is 24.8 Å². The molecule has 0 radical (unpaired) electrons. The predicted octanol–water partition coefficient (Wildman–Crippen LogP) is 1.35. The Morgan fingerprint density at radius 1 is 1.26 bits per heavy atom. The standard InChI is InChI=1S/C19H30N8/c1-20-19(26-11-8-15(14-26)16-12-22-25(2)13-16)21-9-7-18-24-23-17-6-4-3-5-10-27(17)18/h12-13,15H,3-11,14H2,1-2H3,(H,20,21). The van der Waals surface area contributed by atoms with Crippen LogP contribution in [0.4, 0.5) is 0 Å². The van der Waals surface area contributed by atoms with Gasteiger partial charge in [-0.2, -0.15) is 5.10 Å². The van der Waals surface area contributed by atoms with Crippen molar-refractivity contribution in [3.8, 4) is 0 Å². The Labute approximate surface area is 160 Å². The Hall–Kier alpha value is -2.38. The molecule has 27 heavy (non-hydrogen) atoms. The van der Waals surface area contributed by atoms with Crippen molar-refractivity contribution >= 4 is 5.96 Å². The van der Waals surface area contributed by atoms with Crippen LogP contribution in [0.25, 0.3) is 0 Å². The topological polar surface area (TPSA) is 76.2 Å². The molecule has 1 saturated heterocycles. The summed E-state index contributed by atoms with van der Waals surface area (Å²) >= 11 is 0. The third-order valence-corrected chi connectivity index (χ3v) is 5.71. The first-order valence-corrected chi connectivity index (χ1v) is 10.1. The molecule has 0 bridgehead atoms. The average molecular weight is 371 g/mol. The van der Waals surface area contributed by atoms with Crippen molar-refractivity contribution in [2.45, 2.75) is 51.0 Å². The van der Waals surface area contributed by atoms with Crippen molar-refractivity contribution in [1.82, 2.24) is 34.8 Å². The number of aromatic nitrogens is 5. The van der Waals surface area contributed by atoms with Gasteiger partial charge in [0.1, 0.15) is 11.6 Å². The average Bonchev–Trinajstić information content (AvgIpc) is 3.36. The second-order valence-electron chi connectivity index (χ2n) is 7.60. The van der Waals surface area contributed by atoms with Crippen LogP contribution in [0.15, 0.2) is 17.4 Å². The van der Waals surface area contributed by atoms with Crippen LogP contribution in [0.5, 0.6) is 0 Å². The highest BCUT2D eigenvalue weighted by molar-refractivity contribution is 5.80. The minimum atomic E-state index is 0.532. The van der Waals surface area contributed by atoms with Crippen LogP contribution >= 0.6 is 0 Å². The summed E-state index contributed by atoms with van der Waals surface area (Å²) in [6, 6.07) is 0. The Balaban J connectivity index is 1.31. The zero-order valence-corrected chi connectivity index (χ0v) is 16.4. The van der Waals surface area contributed by atoms with Crippen molar-refractivity contribution in [1.29, 1.82) is 0 Å². The van der Waals surface area contributed by atoms with E-state index in [4.69, 9.17) is 0 Å². The second kappa shape index (κ2) is 8.10. The first-order valence-electron chi connectivity index (χ1n) is 10.1. The van der Waals surface area contributed by atoms with E-state index in [0.717, 1.165) is 63.0 Å². The smallest absolute Gasteiger partial charge is 0.193 e. The van der Waals surface area contributed by atoms with Gasteiger partial charge in [0.2, 0.25) is 0 Å². The molecule has 0 saturated carbocycles. The highest BCUT2D eigenvalue weighted by atomic mass is 15.3. The molecule has 8 nitrogen and oxygen atoms in total. The molecule has 2 aromatic heterocycles. The molecule has 1 atom stereocenters. The Kier molecular flexibility index (Phi) is 5.40. The SMILES string of the molecule is CN=C(NCCc1nnc2n1CCCCC2)N1CCC(c2cnn(C)c2)C1. The third-order valence-electron chi connectivity index (χ3n) is 5.71. The van der Waals surface area contributed by atoms with Crippen molar-refractivity contribution in [3.05, 3.63) is 29.6 Å². The van der Waals surface area contributed by atoms with Gasteiger partial charge in [-0.25, -0.2) is 0 Å². The van der Waals surface area contributed by atoms with Gasteiger partial charge in [-0.3, -0.25) is 9.67 Å². The fourth-order valence-electron chi connectivity index (χ4n) is 4.22. The molecule has 8 heteroatoms. The van der Waals surface area contributed by atoms with Gasteiger partial charge in [-0.1, -0.05) is 6.42 Å². The van der Waals surface area contributed by atoms with Gasteiger partial charge >= 0.3 is 0 Å². The number of aryl methyl sites for hydroxylation is 2. The highest BCUT2D eigenvalue weighted by Crippen LogP contribution is 2.26. The van der Waals surface area contributed by atoms with Crippen molar-refractivity contribution in [3.63, 3.8) is 0 Å². The summed E-state index contributed by atoms with van der Waals surface area (Å²) in [4.78, 5) is 6.84. The van der Waals surface area contributed by atoms with Crippen LogP contribution in [0.2, 0.25) is 0 Å². The molecule has 146 valence electrons. The fraction of sp³-hybridized carbons (Fsp3) is 0.684. The molecule has 0 amide bonds. The molecular formula is C19H30N8. The maximum absolute atomic E-state index is 4.49. The monoisotopic (exact) mass is 370 g/mol. The lowest BCUT2D eigenvalue weighted by atomic mass is 10.0. The van der Waals surface area contributed by atoms with Crippen LogP contribution < -0.4 is 5.32 Å². The Bertz CT molecular complexity index is 789. The predicted molar refractivity (Wildman–Crippen MR) is 105 cm³/mol. The van der Waals surface area contributed by atoms with Crippen molar-refractivity contribution in [2.75, 3.05) is 26.7 Å². The second-order valence-corrected chi connectivity index (χ2v) is 7.60. The summed E-state index contributed by atoms with van der Waals surface area (Å²) in [5.74, 6) is 3.77. The Morgan fingerprint density at radius 2 is 2.19 bits per heavy atom. The maximum Gasteiger partial charge on any atom is 0.193 e. The number of hydrogen-bond acceptors (Lipinski definition) is 4. The normalized spacial score (nSPS) is 20.6. The molecule has 0 aromatic carbocycles. The largest absolute Gasteiger partial charge is 0.356 e. The Morgan fingerprint density at radius 3 is 3.00 bits per heavy atom. The van der Waals surface area contributed by atoms with Crippen LogP contribution in [-0.2, 0) is 26.4 Å². The summed E-state index contributed by atoms with van der Waals surface area (Å²) in [5, 5.41) is 16.6. The molecule has 1 fully saturated rings. The minimum absolute atomic E-state index is 0.532. The van der Waals surface area contributed by atoms with E-state index in [9.17, 15) is 0 Å². The van der Waals surface area contributed by atoms with Crippen LogP contribution in [0.1, 0.15) is 48.8 Å². The number of nitrogens with zero attached hydrogens (tertiary/aromatic N) is 7. The fourth-order valence-corrected chi connectivity index (χ4v) is 4.22. The third kappa shape index (κ3) is 3.99. The molecule has 4 rings (SSSR count). The maximum atomic E-state index is 4.49. The van der Waals surface area contributed by atoms with E-state index in [1.807, 2.05) is 25.0 Å². The van der Waals surface area contributed by atoms with Gasteiger partial charge in [0, 0.05) is 65.2 Å². The van der Waals surface area contributed by atoms with Crippen LogP contribution in [-0.4, -0.2) is 62.1 Å². The lowest BCUT2D eigenvalue weighted by molar-refractivity contribution is 0.485. The van der Waals surface area contributed by atoms with E-state index in [-0.39, 0.29) is 0 Å². The number of hydrogen-bond donors (Lipinski definition) is 1. The zero-order valence-electron chi connectivity index (χ0n) is 16.4. The minimum Gasteiger partial charge on any atom is -0.356 e.